The normalized spacial score (nSPS) is 10.9. The van der Waals surface area contributed by atoms with E-state index in [0.717, 1.165) is 16.7 Å². The summed E-state index contributed by atoms with van der Waals surface area (Å²) in [6, 6.07) is 24.5. The Morgan fingerprint density at radius 3 is 2.30 bits per heavy atom. The highest BCUT2D eigenvalue weighted by molar-refractivity contribution is 5.80. The lowest BCUT2D eigenvalue weighted by Crippen LogP contribution is -2.32. The summed E-state index contributed by atoms with van der Waals surface area (Å²) < 4.78 is 6.97. The van der Waals surface area contributed by atoms with Crippen LogP contribution in [0.3, 0.4) is 0 Å². The van der Waals surface area contributed by atoms with Crippen LogP contribution < -0.4 is 16.4 Å². The largest absolute Gasteiger partial charge is 0.372 e. The fraction of sp³-hybridized carbons (Fsp3) is 0.192. The van der Waals surface area contributed by atoms with Crippen molar-refractivity contribution < 1.29 is 9.53 Å². The van der Waals surface area contributed by atoms with Crippen LogP contribution in [0.4, 0.5) is 0 Å². The zero-order valence-corrected chi connectivity index (χ0v) is 18.1. The summed E-state index contributed by atoms with van der Waals surface area (Å²) in [5, 5.41) is 6.09. The van der Waals surface area contributed by atoms with Gasteiger partial charge in [0.2, 0.25) is 5.91 Å². The molecule has 2 N–H and O–H groups in total. The number of nitrogens with one attached hydrogen (secondary N) is 2. The third-order valence-electron chi connectivity index (χ3n) is 5.31. The summed E-state index contributed by atoms with van der Waals surface area (Å²) in [4.78, 5) is 37.0. The van der Waals surface area contributed by atoms with Gasteiger partial charge in [0.15, 0.2) is 0 Å². The molecule has 3 aromatic carbocycles. The first kappa shape index (κ1) is 22.2. The number of fused-ring (bicyclic) bond motifs is 1. The van der Waals surface area contributed by atoms with Crippen LogP contribution in [0.5, 0.6) is 0 Å². The zero-order chi connectivity index (χ0) is 23.0. The van der Waals surface area contributed by atoms with E-state index in [4.69, 9.17) is 4.74 Å². The fourth-order valence-corrected chi connectivity index (χ4v) is 3.60. The highest BCUT2D eigenvalue weighted by Gasteiger charge is 2.09. The fourth-order valence-electron chi connectivity index (χ4n) is 3.60. The Hall–Kier alpha value is -3.97. The van der Waals surface area contributed by atoms with Gasteiger partial charge in [-0.1, -0.05) is 66.7 Å². The monoisotopic (exact) mass is 443 g/mol. The summed E-state index contributed by atoms with van der Waals surface area (Å²) in [7, 11) is 0. The van der Waals surface area contributed by atoms with Crippen molar-refractivity contribution in [3.05, 3.63) is 116 Å². The quantitative estimate of drug-likeness (QED) is 0.416. The molecule has 0 spiro atoms. The molecule has 0 unspecified atom stereocenters. The first-order chi connectivity index (χ1) is 16.1. The lowest BCUT2D eigenvalue weighted by molar-refractivity contribution is -0.121. The standard InChI is InChI=1S/C26H25N3O4/c30-24(13-14-29-26(32)23-12-5-4-11-22(23)25(31)28-29)27-16-20-9-6-10-21(15-20)18-33-17-19-7-2-1-3-8-19/h1-12,15H,13-14,16-18H2,(H,27,30)(H,28,31). The lowest BCUT2D eigenvalue weighted by atomic mass is 10.1. The number of rotatable bonds is 9. The van der Waals surface area contributed by atoms with E-state index in [-0.39, 0.29) is 30.0 Å². The van der Waals surface area contributed by atoms with Crippen LogP contribution in [-0.4, -0.2) is 15.7 Å². The molecule has 0 radical (unpaired) electrons. The maximum absolute atomic E-state index is 12.5. The summed E-state index contributed by atoms with van der Waals surface area (Å²) in [6.07, 6.45) is 0.0774. The van der Waals surface area contributed by atoms with Crippen molar-refractivity contribution in [3.8, 4) is 0 Å². The van der Waals surface area contributed by atoms with Crippen LogP contribution in [-0.2, 0) is 35.8 Å². The Bertz CT molecular complexity index is 1360. The van der Waals surface area contributed by atoms with Crippen LogP contribution in [0.25, 0.3) is 10.8 Å². The number of aryl methyl sites for hydroxylation is 1. The van der Waals surface area contributed by atoms with Gasteiger partial charge in [-0.25, -0.2) is 4.68 Å². The van der Waals surface area contributed by atoms with Crippen molar-refractivity contribution in [1.29, 1.82) is 0 Å². The van der Waals surface area contributed by atoms with Gasteiger partial charge in [0.1, 0.15) is 0 Å². The number of amides is 1. The first-order valence-electron chi connectivity index (χ1n) is 10.8. The van der Waals surface area contributed by atoms with Gasteiger partial charge in [0, 0.05) is 13.0 Å². The number of aromatic amines is 1. The number of hydrogen-bond donors (Lipinski definition) is 2. The van der Waals surface area contributed by atoms with Crippen LogP contribution in [0.1, 0.15) is 23.1 Å². The predicted octanol–water partition coefficient (Wildman–Crippen LogP) is 3.11. The summed E-state index contributed by atoms with van der Waals surface area (Å²) >= 11 is 0. The molecular weight excluding hydrogens is 418 g/mol. The molecule has 0 atom stereocenters. The van der Waals surface area contributed by atoms with Crippen molar-refractivity contribution in [2.45, 2.75) is 32.7 Å². The molecule has 1 amide bonds. The molecule has 1 aromatic heterocycles. The van der Waals surface area contributed by atoms with Crippen LogP contribution in [0, 0.1) is 0 Å². The number of aromatic nitrogens is 2. The Kier molecular flexibility index (Phi) is 7.12. The topological polar surface area (TPSA) is 93.2 Å². The predicted molar refractivity (Wildman–Crippen MR) is 127 cm³/mol. The highest BCUT2D eigenvalue weighted by atomic mass is 16.5. The van der Waals surface area contributed by atoms with Crippen molar-refractivity contribution in [3.63, 3.8) is 0 Å². The van der Waals surface area contributed by atoms with Crippen molar-refractivity contribution in [1.82, 2.24) is 15.1 Å². The maximum Gasteiger partial charge on any atom is 0.273 e. The zero-order valence-electron chi connectivity index (χ0n) is 18.1. The molecule has 0 saturated carbocycles. The second-order valence-corrected chi connectivity index (χ2v) is 7.77. The van der Waals surface area contributed by atoms with Crippen molar-refractivity contribution in [2.24, 2.45) is 0 Å². The molecule has 0 bridgehead atoms. The average Bonchev–Trinajstić information content (AvgIpc) is 2.85. The number of hydrogen-bond acceptors (Lipinski definition) is 4. The number of carbonyl (C=O) groups excluding carboxylic acids is 1. The Labute approximate surface area is 190 Å². The Morgan fingerprint density at radius 2 is 1.48 bits per heavy atom. The number of benzene rings is 3. The molecule has 0 aliphatic heterocycles. The molecule has 4 aromatic rings. The van der Waals surface area contributed by atoms with E-state index >= 15 is 0 Å². The second kappa shape index (κ2) is 10.6. The number of carbonyl (C=O) groups is 1. The Balaban J connectivity index is 1.28. The molecule has 7 heteroatoms. The van der Waals surface area contributed by atoms with Gasteiger partial charge in [0.25, 0.3) is 11.1 Å². The summed E-state index contributed by atoms with van der Waals surface area (Å²) in [6.45, 7) is 1.49. The van der Waals surface area contributed by atoms with Crippen LogP contribution >= 0.6 is 0 Å². The van der Waals surface area contributed by atoms with Crippen molar-refractivity contribution >= 4 is 16.7 Å². The molecule has 0 aliphatic rings. The minimum absolute atomic E-state index is 0.0774. The van der Waals surface area contributed by atoms with Gasteiger partial charge in [-0.2, -0.15) is 0 Å². The smallest absolute Gasteiger partial charge is 0.273 e. The molecule has 4 rings (SSSR count). The van der Waals surface area contributed by atoms with Crippen LogP contribution in [0.15, 0.2) is 88.5 Å². The second-order valence-electron chi connectivity index (χ2n) is 7.77. The first-order valence-corrected chi connectivity index (χ1v) is 10.8. The summed E-state index contributed by atoms with van der Waals surface area (Å²) in [5.41, 5.74) is 2.43. The van der Waals surface area contributed by atoms with E-state index in [0.29, 0.717) is 30.5 Å². The number of ether oxygens (including phenoxy) is 1. The summed E-state index contributed by atoms with van der Waals surface area (Å²) in [5.74, 6) is -0.207. The van der Waals surface area contributed by atoms with E-state index < -0.39 is 0 Å². The van der Waals surface area contributed by atoms with E-state index in [9.17, 15) is 14.4 Å². The molecule has 0 aliphatic carbocycles. The molecular formula is C26H25N3O4. The van der Waals surface area contributed by atoms with Gasteiger partial charge in [-0.15, -0.1) is 0 Å². The van der Waals surface area contributed by atoms with Gasteiger partial charge in [-0.05, 0) is 28.8 Å². The third kappa shape index (κ3) is 5.84. The minimum atomic E-state index is -0.350. The van der Waals surface area contributed by atoms with Gasteiger partial charge in [0.05, 0.1) is 30.5 Å². The highest BCUT2D eigenvalue weighted by Crippen LogP contribution is 2.09. The maximum atomic E-state index is 12.5. The number of H-pyrrole nitrogens is 1. The van der Waals surface area contributed by atoms with Crippen LogP contribution in [0.2, 0.25) is 0 Å². The van der Waals surface area contributed by atoms with E-state index in [1.165, 1.54) is 4.68 Å². The average molecular weight is 444 g/mol. The minimum Gasteiger partial charge on any atom is -0.372 e. The van der Waals surface area contributed by atoms with Gasteiger partial charge >= 0.3 is 0 Å². The molecule has 1 heterocycles. The third-order valence-corrected chi connectivity index (χ3v) is 5.31. The van der Waals surface area contributed by atoms with Gasteiger partial charge in [-0.3, -0.25) is 19.5 Å². The van der Waals surface area contributed by atoms with E-state index in [1.807, 2.05) is 54.6 Å². The van der Waals surface area contributed by atoms with Crippen molar-refractivity contribution in [2.75, 3.05) is 0 Å². The van der Waals surface area contributed by atoms with Gasteiger partial charge < -0.3 is 10.1 Å². The van der Waals surface area contributed by atoms with E-state index in [2.05, 4.69) is 10.4 Å². The SMILES string of the molecule is O=C(CCn1[nH]c(=O)c2ccccc2c1=O)NCc1cccc(COCc2ccccc2)c1. The molecule has 0 fully saturated rings. The molecule has 168 valence electrons. The Morgan fingerprint density at radius 1 is 0.818 bits per heavy atom. The lowest BCUT2D eigenvalue weighted by Gasteiger charge is -2.10. The molecule has 33 heavy (non-hydrogen) atoms. The number of nitrogens with zero attached hydrogens (tertiary/aromatic N) is 1. The molecule has 7 nitrogen and oxygen atoms in total. The van der Waals surface area contributed by atoms with E-state index in [1.54, 1.807) is 24.3 Å². The molecule has 0 saturated heterocycles.